The first-order valence-corrected chi connectivity index (χ1v) is 5.95. The fourth-order valence-corrected chi connectivity index (χ4v) is 2.28. The molecule has 0 N–H and O–H groups in total. The maximum atomic E-state index is 11.4. The lowest BCUT2D eigenvalue weighted by atomic mass is 10.0. The zero-order chi connectivity index (χ0) is 10.7. The highest BCUT2D eigenvalue weighted by Gasteiger charge is 2.12. The Hall–Kier alpha value is -0.350. The van der Waals surface area contributed by atoms with Gasteiger partial charge in [-0.3, -0.25) is 0 Å². The second-order valence-electron chi connectivity index (χ2n) is 2.86. The van der Waals surface area contributed by atoms with Crippen LogP contribution in [0.5, 0.6) is 0 Å². The van der Waals surface area contributed by atoms with Crippen LogP contribution in [0.15, 0.2) is 16.6 Å². The van der Waals surface area contributed by atoms with Gasteiger partial charge in [-0.25, -0.2) is 4.79 Å². The van der Waals surface area contributed by atoms with Gasteiger partial charge in [-0.05, 0) is 30.2 Å². The van der Waals surface area contributed by atoms with Crippen molar-refractivity contribution < 1.29 is 9.53 Å². The minimum absolute atomic E-state index is 0.300. The van der Waals surface area contributed by atoms with Crippen molar-refractivity contribution in [1.29, 1.82) is 0 Å². The maximum Gasteiger partial charge on any atom is 0.338 e. The molecule has 76 valence electrons. The predicted molar refractivity (Wildman–Crippen MR) is 62.8 cm³/mol. The number of alkyl halides is 1. The first-order valence-electron chi connectivity index (χ1n) is 4.03. The number of hydrogen-bond acceptors (Lipinski definition) is 2. The minimum atomic E-state index is -0.300. The minimum Gasteiger partial charge on any atom is -0.465 e. The molecule has 0 atom stereocenters. The van der Waals surface area contributed by atoms with E-state index in [-0.39, 0.29) is 5.97 Å². The van der Waals surface area contributed by atoms with Gasteiger partial charge < -0.3 is 4.74 Å². The Morgan fingerprint density at radius 1 is 1.50 bits per heavy atom. The highest BCUT2D eigenvalue weighted by atomic mass is 79.9. The van der Waals surface area contributed by atoms with Crippen LogP contribution in [0.25, 0.3) is 0 Å². The third-order valence-corrected chi connectivity index (χ3v) is 3.09. The summed E-state index contributed by atoms with van der Waals surface area (Å²) in [5.74, 6) is -0.300. The van der Waals surface area contributed by atoms with Crippen LogP contribution in [0, 0.1) is 6.92 Å². The molecule has 2 nitrogen and oxygen atoms in total. The molecule has 1 aromatic rings. The Kier molecular flexibility index (Phi) is 4.13. The number of benzene rings is 1. The van der Waals surface area contributed by atoms with Crippen molar-refractivity contribution in [1.82, 2.24) is 0 Å². The van der Waals surface area contributed by atoms with Gasteiger partial charge in [0.1, 0.15) is 0 Å². The van der Waals surface area contributed by atoms with Crippen LogP contribution in [-0.2, 0) is 10.1 Å². The van der Waals surface area contributed by atoms with Gasteiger partial charge in [-0.2, -0.15) is 0 Å². The third-order valence-electron chi connectivity index (χ3n) is 2.03. The van der Waals surface area contributed by atoms with Crippen LogP contribution in [-0.4, -0.2) is 13.1 Å². The number of carbonyl (C=O) groups is 1. The van der Waals surface area contributed by atoms with Crippen molar-refractivity contribution in [2.75, 3.05) is 7.11 Å². The van der Waals surface area contributed by atoms with E-state index in [1.165, 1.54) is 7.11 Å². The van der Waals surface area contributed by atoms with Crippen molar-refractivity contribution in [2.24, 2.45) is 0 Å². The Labute approximate surface area is 99.9 Å². The first kappa shape index (κ1) is 11.7. The number of esters is 1. The molecule has 0 unspecified atom stereocenters. The van der Waals surface area contributed by atoms with E-state index in [1.807, 2.05) is 13.0 Å². The van der Waals surface area contributed by atoms with E-state index < -0.39 is 0 Å². The van der Waals surface area contributed by atoms with Crippen molar-refractivity contribution >= 4 is 37.8 Å². The smallest absolute Gasteiger partial charge is 0.338 e. The van der Waals surface area contributed by atoms with Crippen molar-refractivity contribution in [3.63, 3.8) is 0 Å². The summed E-state index contributed by atoms with van der Waals surface area (Å²) in [5.41, 5.74) is 2.65. The molecule has 0 saturated carbocycles. The van der Waals surface area contributed by atoms with E-state index in [4.69, 9.17) is 4.74 Å². The summed E-state index contributed by atoms with van der Waals surface area (Å²) in [5, 5.41) is 0.724. The molecule has 14 heavy (non-hydrogen) atoms. The molecule has 0 bridgehead atoms. The number of carbonyl (C=O) groups excluding carboxylic acids is 1. The average molecular weight is 322 g/mol. The number of hydrogen-bond donors (Lipinski definition) is 0. The molecule has 0 saturated heterocycles. The molecule has 0 aliphatic heterocycles. The van der Waals surface area contributed by atoms with Crippen LogP contribution in [0.4, 0.5) is 0 Å². The summed E-state index contributed by atoms with van der Waals surface area (Å²) in [7, 11) is 1.39. The zero-order valence-electron chi connectivity index (χ0n) is 7.93. The summed E-state index contributed by atoms with van der Waals surface area (Å²) >= 11 is 6.73. The van der Waals surface area contributed by atoms with Crippen LogP contribution < -0.4 is 0 Å². The molecule has 4 heteroatoms. The van der Waals surface area contributed by atoms with Crippen molar-refractivity contribution in [3.05, 3.63) is 33.3 Å². The Morgan fingerprint density at radius 2 is 2.14 bits per heavy atom. The number of methoxy groups -OCH3 is 1. The van der Waals surface area contributed by atoms with Crippen LogP contribution in [0.1, 0.15) is 21.5 Å². The van der Waals surface area contributed by atoms with Gasteiger partial charge in [0.25, 0.3) is 0 Å². The molecule has 0 aliphatic carbocycles. The van der Waals surface area contributed by atoms with Crippen molar-refractivity contribution in [2.45, 2.75) is 12.3 Å². The van der Waals surface area contributed by atoms with Gasteiger partial charge in [-0.1, -0.05) is 31.9 Å². The number of rotatable bonds is 2. The number of ether oxygens (including phenoxy) is 1. The first-order chi connectivity index (χ1) is 6.60. The largest absolute Gasteiger partial charge is 0.465 e. The molecule has 0 fully saturated rings. The monoisotopic (exact) mass is 320 g/mol. The highest BCUT2D eigenvalue weighted by molar-refractivity contribution is 9.10. The van der Waals surface area contributed by atoms with E-state index in [9.17, 15) is 4.79 Å². The van der Waals surface area contributed by atoms with Gasteiger partial charge in [0, 0.05) is 9.80 Å². The fraction of sp³-hybridized carbons (Fsp3) is 0.300. The molecule has 0 heterocycles. The van der Waals surface area contributed by atoms with Gasteiger partial charge in [0.05, 0.1) is 12.7 Å². The lowest BCUT2D eigenvalue weighted by Crippen LogP contribution is -2.05. The Balaban J connectivity index is 3.29. The molecule has 1 aromatic carbocycles. The van der Waals surface area contributed by atoms with E-state index >= 15 is 0 Å². The second kappa shape index (κ2) is 4.94. The summed E-state index contributed by atoms with van der Waals surface area (Å²) in [6.45, 7) is 1.91. The Bertz CT molecular complexity index is 361. The van der Waals surface area contributed by atoms with E-state index in [2.05, 4.69) is 31.9 Å². The molecule has 0 aliphatic rings. The van der Waals surface area contributed by atoms with Gasteiger partial charge in [0.15, 0.2) is 0 Å². The summed E-state index contributed by atoms with van der Waals surface area (Å²) in [6, 6.07) is 3.75. The Morgan fingerprint density at radius 3 is 2.64 bits per heavy atom. The maximum absolute atomic E-state index is 11.4. The second-order valence-corrected chi connectivity index (χ2v) is 4.34. The summed E-state index contributed by atoms with van der Waals surface area (Å²) in [4.78, 5) is 11.4. The molecule has 1 rings (SSSR count). The van der Waals surface area contributed by atoms with Gasteiger partial charge in [-0.15, -0.1) is 0 Å². The highest BCUT2D eigenvalue weighted by Crippen LogP contribution is 2.23. The third kappa shape index (κ3) is 2.36. The van der Waals surface area contributed by atoms with Crippen molar-refractivity contribution in [3.8, 4) is 0 Å². The molecule has 0 radical (unpaired) electrons. The molecule has 0 spiro atoms. The predicted octanol–water partition coefficient (Wildman–Crippen LogP) is 3.44. The standard InChI is InChI=1S/C10H10Br2O2/c1-6-7(5-11)3-8(12)4-9(6)10(13)14-2/h3-4H,5H2,1-2H3. The van der Waals surface area contributed by atoms with E-state index in [1.54, 1.807) is 6.07 Å². The lowest BCUT2D eigenvalue weighted by molar-refractivity contribution is 0.0599. The van der Waals surface area contributed by atoms with Crippen LogP contribution >= 0.6 is 31.9 Å². The summed E-state index contributed by atoms with van der Waals surface area (Å²) in [6.07, 6.45) is 0. The molecule has 0 aromatic heterocycles. The SMILES string of the molecule is COC(=O)c1cc(Br)cc(CBr)c1C. The lowest BCUT2D eigenvalue weighted by Gasteiger charge is -2.08. The molecular weight excluding hydrogens is 312 g/mol. The van der Waals surface area contributed by atoms with Crippen LogP contribution in [0.2, 0.25) is 0 Å². The number of halogens is 2. The zero-order valence-corrected chi connectivity index (χ0v) is 11.1. The van der Waals surface area contributed by atoms with E-state index in [0.29, 0.717) is 5.56 Å². The normalized spacial score (nSPS) is 10.0. The summed E-state index contributed by atoms with van der Waals surface area (Å²) < 4.78 is 5.58. The van der Waals surface area contributed by atoms with Gasteiger partial charge >= 0.3 is 5.97 Å². The van der Waals surface area contributed by atoms with E-state index in [0.717, 1.165) is 20.9 Å². The average Bonchev–Trinajstić information content (AvgIpc) is 2.19. The topological polar surface area (TPSA) is 26.3 Å². The molecule has 0 amide bonds. The quantitative estimate of drug-likeness (QED) is 0.616. The van der Waals surface area contributed by atoms with Crippen LogP contribution in [0.3, 0.4) is 0 Å². The molecular formula is C10H10Br2O2. The fourth-order valence-electron chi connectivity index (χ4n) is 1.20. The van der Waals surface area contributed by atoms with Gasteiger partial charge in [0.2, 0.25) is 0 Å².